The van der Waals surface area contributed by atoms with E-state index in [1.807, 2.05) is 65.6 Å². The molecule has 0 aromatic heterocycles. The molecule has 2 aromatic carbocycles. The van der Waals surface area contributed by atoms with Crippen molar-refractivity contribution in [2.24, 2.45) is 0 Å². The second-order valence-corrected chi connectivity index (χ2v) is 4.40. The Morgan fingerprint density at radius 3 is 1.53 bits per heavy atom. The van der Waals surface area contributed by atoms with Gasteiger partial charge in [0.15, 0.2) is 0 Å². The number of nitrogens with zero attached hydrogens (tertiary/aromatic N) is 1. The van der Waals surface area contributed by atoms with E-state index < -0.39 is 0 Å². The molecule has 2 aromatic rings. The number of anilines is 2. The fourth-order valence-corrected chi connectivity index (χ4v) is 1.97. The largest absolute Gasteiger partial charge is 2.00 e. The number of rotatable bonds is 2. The van der Waals surface area contributed by atoms with Crippen LogP contribution in [0.25, 0.3) is 0 Å². The molecule has 0 saturated heterocycles. The average Bonchev–Trinajstić information content (AvgIpc) is 2.31. The Balaban J connectivity index is 0. The minimum Gasteiger partial charge on any atom is -1.00 e. The Hall–Kier alpha value is -0.0603. The van der Waals surface area contributed by atoms with Crippen LogP contribution in [0, 0.1) is 0 Å². The first-order chi connectivity index (χ1) is 7.79. The zero-order valence-electron chi connectivity index (χ0n) is 11.3. The Morgan fingerprint density at radius 2 is 1.24 bits per heavy atom. The van der Waals surface area contributed by atoms with Crippen LogP contribution in [-0.4, -0.2) is 42.1 Å². The first-order valence-electron chi connectivity index (χ1n) is 4.92. The number of hydrogen-bond acceptors (Lipinski definition) is 1. The molecule has 0 bridgehead atoms. The van der Waals surface area contributed by atoms with E-state index in [1.54, 1.807) is 0 Å². The van der Waals surface area contributed by atoms with Gasteiger partial charge in [0.1, 0.15) is 4.32 Å². The quantitative estimate of drug-likeness (QED) is 0.507. The number of thiol groups is 1. The maximum atomic E-state index is 5.17. The second kappa shape index (κ2) is 7.39. The topological polar surface area (TPSA) is 3.24 Å². The van der Waals surface area contributed by atoms with Gasteiger partial charge in [0.05, 0.1) is 0 Å². The molecule has 17 heavy (non-hydrogen) atoms. The van der Waals surface area contributed by atoms with Crippen molar-refractivity contribution < 1.29 is 2.85 Å². The van der Waals surface area contributed by atoms with Crippen molar-refractivity contribution in [2.45, 2.75) is 0 Å². The third-order valence-corrected chi connectivity index (χ3v) is 2.60. The molecule has 1 nitrogen and oxygen atoms in total. The normalized spacial score (nSPS) is 9.24. The third-order valence-electron chi connectivity index (χ3n) is 2.22. The molecule has 0 aliphatic carbocycles. The van der Waals surface area contributed by atoms with Gasteiger partial charge in [-0.3, -0.25) is 4.90 Å². The van der Waals surface area contributed by atoms with Crippen LogP contribution < -0.4 is 4.90 Å². The van der Waals surface area contributed by atoms with Gasteiger partial charge in [-0.2, -0.15) is 0 Å². The van der Waals surface area contributed by atoms with Crippen LogP contribution in [0.5, 0.6) is 0 Å². The van der Waals surface area contributed by atoms with Gasteiger partial charge in [-0.05, 0) is 24.3 Å². The van der Waals surface area contributed by atoms with Gasteiger partial charge < -0.3 is 2.85 Å². The van der Waals surface area contributed by atoms with Gasteiger partial charge in [-0.15, -0.1) is 12.6 Å². The van der Waals surface area contributed by atoms with Crippen molar-refractivity contribution in [2.75, 3.05) is 4.90 Å². The summed E-state index contributed by atoms with van der Waals surface area (Å²) in [6.45, 7) is 0. The predicted molar refractivity (Wildman–Crippen MR) is 84.6 cm³/mol. The molecular formula is C13H13CaNS2. The van der Waals surface area contributed by atoms with E-state index in [1.165, 1.54) is 0 Å². The maximum absolute atomic E-state index is 5.17. The fourth-order valence-electron chi connectivity index (χ4n) is 1.52. The SMILES string of the molecule is S=C(S)N(c1ccccc1)c1ccccc1.[Ca+2].[H-].[H-]. The van der Waals surface area contributed by atoms with Crippen LogP contribution in [0.1, 0.15) is 2.85 Å². The molecule has 0 saturated carbocycles. The van der Waals surface area contributed by atoms with Gasteiger partial charge in [0.25, 0.3) is 0 Å². The van der Waals surface area contributed by atoms with E-state index in [-0.39, 0.29) is 40.6 Å². The standard InChI is InChI=1S/C13H11NS2.Ca.2H/c15-13(16)14(11-7-3-1-4-8-11)12-9-5-2-6-10-12;;;/h1-10H,(H,15,16);;;/q;+2;2*-1. The van der Waals surface area contributed by atoms with Crippen molar-refractivity contribution in [1.29, 1.82) is 0 Å². The van der Waals surface area contributed by atoms with Crippen LogP contribution in [0.15, 0.2) is 60.7 Å². The van der Waals surface area contributed by atoms with Gasteiger partial charge in [-0.25, -0.2) is 0 Å². The molecule has 0 fully saturated rings. The van der Waals surface area contributed by atoms with Crippen molar-refractivity contribution in [3.63, 3.8) is 0 Å². The van der Waals surface area contributed by atoms with Crippen LogP contribution in [0.3, 0.4) is 0 Å². The molecule has 0 spiro atoms. The first-order valence-corrected chi connectivity index (χ1v) is 5.78. The van der Waals surface area contributed by atoms with E-state index in [2.05, 4.69) is 12.6 Å². The number of thiocarbonyl (C=S) groups is 1. The predicted octanol–water partition coefficient (Wildman–Crippen LogP) is 3.88. The van der Waals surface area contributed by atoms with E-state index >= 15 is 0 Å². The molecule has 4 heteroatoms. The summed E-state index contributed by atoms with van der Waals surface area (Å²) in [6, 6.07) is 19.9. The van der Waals surface area contributed by atoms with Crippen molar-refractivity contribution >= 4 is 78.3 Å². The minimum absolute atomic E-state index is 0. The smallest absolute Gasteiger partial charge is 1.00 e. The average molecular weight is 287 g/mol. The molecule has 0 atom stereocenters. The molecule has 0 aliphatic rings. The molecule has 0 radical (unpaired) electrons. The first kappa shape index (κ1) is 15.0. The molecule has 0 unspecified atom stereocenters. The van der Waals surface area contributed by atoms with E-state index in [0.29, 0.717) is 4.32 Å². The van der Waals surface area contributed by atoms with E-state index in [9.17, 15) is 0 Å². The zero-order valence-corrected chi connectivity index (χ0v) is 13.2. The summed E-state index contributed by atoms with van der Waals surface area (Å²) in [5.41, 5.74) is 2.04. The summed E-state index contributed by atoms with van der Waals surface area (Å²) in [7, 11) is 0. The molecule has 0 heterocycles. The van der Waals surface area contributed by atoms with E-state index in [0.717, 1.165) is 11.4 Å². The fraction of sp³-hybridized carbons (Fsp3) is 0. The summed E-state index contributed by atoms with van der Waals surface area (Å²) >= 11 is 9.44. The zero-order chi connectivity index (χ0) is 11.4. The Labute approximate surface area is 145 Å². The summed E-state index contributed by atoms with van der Waals surface area (Å²) < 4.78 is 0.539. The van der Waals surface area contributed by atoms with Gasteiger partial charge >= 0.3 is 37.7 Å². The molecule has 0 N–H and O–H groups in total. The van der Waals surface area contributed by atoms with E-state index in [4.69, 9.17) is 12.2 Å². The molecule has 0 amide bonds. The molecule has 0 aliphatic heterocycles. The molecule has 2 rings (SSSR count). The summed E-state index contributed by atoms with van der Waals surface area (Å²) in [5.74, 6) is 0. The summed E-state index contributed by atoms with van der Waals surface area (Å²) in [5, 5.41) is 0. The molecular weight excluding hydrogens is 274 g/mol. The summed E-state index contributed by atoms with van der Waals surface area (Å²) in [6.07, 6.45) is 0. The van der Waals surface area contributed by atoms with Crippen molar-refractivity contribution in [1.82, 2.24) is 0 Å². The number of hydrogen-bond donors (Lipinski definition) is 1. The monoisotopic (exact) mass is 287 g/mol. The second-order valence-electron chi connectivity index (χ2n) is 3.29. The number of para-hydroxylation sites is 2. The molecule has 84 valence electrons. The van der Waals surface area contributed by atoms with Gasteiger partial charge in [0.2, 0.25) is 0 Å². The van der Waals surface area contributed by atoms with Crippen LogP contribution in [-0.2, 0) is 0 Å². The number of benzene rings is 2. The minimum atomic E-state index is 0. The maximum Gasteiger partial charge on any atom is 2.00 e. The van der Waals surface area contributed by atoms with Crippen molar-refractivity contribution in [3.8, 4) is 0 Å². The van der Waals surface area contributed by atoms with Gasteiger partial charge in [-0.1, -0.05) is 48.6 Å². The van der Waals surface area contributed by atoms with Gasteiger partial charge in [0, 0.05) is 11.4 Å². The summed E-state index contributed by atoms with van der Waals surface area (Å²) in [4.78, 5) is 1.93. The van der Waals surface area contributed by atoms with Crippen LogP contribution in [0.4, 0.5) is 11.4 Å². The van der Waals surface area contributed by atoms with Crippen molar-refractivity contribution in [3.05, 3.63) is 60.7 Å². The van der Waals surface area contributed by atoms with Crippen LogP contribution >= 0.6 is 24.8 Å². The Kier molecular flexibility index (Phi) is 6.52. The third kappa shape index (κ3) is 3.97. The van der Waals surface area contributed by atoms with Crippen LogP contribution in [0.2, 0.25) is 0 Å². The Bertz CT molecular complexity index is 443. The Morgan fingerprint density at radius 1 is 0.882 bits per heavy atom.